The van der Waals surface area contributed by atoms with Gasteiger partial charge in [-0.1, -0.05) is 480 Å². The van der Waals surface area contributed by atoms with Crippen molar-refractivity contribution >= 4 is 36.1 Å². The van der Waals surface area contributed by atoms with E-state index in [0.29, 0.717) is 308 Å². The van der Waals surface area contributed by atoms with Gasteiger partial charge in [-0.2, -0.15) is 61.4 Å². The summed E-state index contributed by atoms with van der Waals surface area (Å²) < 4.78 is 34.1. The van der Waals surface area contributed by atoms with Gasteiger partial charge in [0.25, 0.3) is 0 Å². The van der Waals surface area contributed by atoms with E-state index < -0.39 is 99.4 Å². The van der Waals surface area contributed by atoms with E-state index in [1.165, 1.54) is 0 Å². The molecule has 28 nitrogen and oxygen atoms in total. The molecule has 33 heteroatoms. The van der Waals surface area contributed by atoms with Gasteiger partial charge in [0, 0.05) is 0 Å². The van der Waals surface area contributed by atoms with Gasteiger partial charge in [-0.3, -0.25) is 0 Å². The van der Waals surface area contributed by atoms with Gasteiger partial charge in [0.2, 0.25) is 0 Å². The molecule has 12 aliphatic rings. The minimum Gasteiger partial charge on any atom is -0.209 e. The first-order chi connectivity index (χ1) is 69.0. The lowest BCUT2D eigenvalue weighted by molar-refractivity contribution is 0.356. The van der Waals surface area contributed by atoms with Crippen molar-refractivity contribution < 1.29 is 0 Å². The third-order valence-corrected chi connectivity index (χ3v) is 68.8. The normalized spacial score (nSPS) is 29.0. The van der Waals surface area contributed by atoms with E-state index in [9.17, 15) is 66.4 Å². The molecule has 0 saturated heterocycles. The molecule has 0 aromatic carbocycles. The highest BCUT2D eigenvalue weighted by atomic mass is 31.3. The molecule has 12 fully saturated rings. The molecule has 0 bridgehead atoms. The molecule has 0 radical (unpaired) electrons. The molecule has 0 aromatic rings. The molecule has 0 spiro atoms. The fourth-order valence-corrected chi connectivity index (χ4v) is 71.5. The summed E-state index contributed by atoms with van der Waals surface area (Å²) in [5.41, 5.74) is 141. The average molecular weight is 2050 g/mol. The highest BCUT2D eigenvalue weighted by Gasteiger charge is 2.81. The fraction of sp³-hybridized carbons (Fsp3) is 1.00. The molecular formula is C108H204N28P5+. The second-order valence-corrected chi connectivity index (χ2v) is 67.0. The van der Waals surface area contributed by atoms with Gasteiger partial charge in [0.15, 0.2) is 0 Å². The largest absolute Gasteiger partial charge is 0.487 e. The Bertz CT molecular complexity index is 3160. The van der Waals surface area contributed by atoms with Crippen molar-refractivity contribution in [1.29, 1.82) is 66.4 Å². The van der Waals surface area contributed by atoms with Crippen LogP contribution in [0.1, 0.15) is 616 Å². The van der Waals surface area contributed by atoms with Crippen molar-refractivity contribution in [2.24, 2.45) is 79.4 Å². The van der Waals surface area contributed by atoms with Crippen LogP contribution in [0.3, 0.4) is 0 Å². The summed E-state index contributed by atoms with van der Waals surface area (Å²) >= 11 is 0. The van der Waals surface area contributed by atoms with Crippen LogP contribution in [0, 0.1) is 66.4 Å². The first-order valence-corrected chi connectivity index (χ1v) is 68.7. The molecule has 0 amide bonds. The van der Waals surface area contributed by atoms with Gasteiger partial charge in [0.1, 0.15) is 91.6 Å². The van der Waals surface area contributed by atoms with E-state index in [2.05, 4.69) is 0 Å². The number of hydrogen-bond donors (Lipinski definition) is 12. The summed E-state index contributed by atoms with van der Waals surface area (Å²) in [6.45, 7) is 0. The minimum atomic E-state index is -5.90. The van der Waals surface area contributed by atoms with Gasteiger partial charge in [-0.25, -0.2) is 66.4 Å². The highest BCUT2D eigenvalue weighted by molar-refractivity contribution is 7.93. The Morgan fingerprint density at radius 3 is 0.213 bits per heavy atom. The molecular weight excluding hydrogens is 1840 g/mol. The number of nitrogens with one attached hydrogen (secondary N) is 12. The third-order valence-electron chi connectivity index (χ3n) is 39.6. The first kappa shape index (κ1) is 116. The van der Waals surface area contributed by atoms with Crippen LogP contribution >= 0.6 is 36.1 Å². The van der Waals surface area contributed by atoms with Crippen LogP contribution in [0.2, 0.25) is 0 Å². The van der Waals surface area contributed by atoms with Gasteiger partial charge in [0.05, 0.1) is 0 Å². The van der Waals surface area contributed by atoms with Gasteiger partial charge in [-0.15, -0.1) is 0 Å². The van der Waals surface area contributed by atoms with E-state index in [0.717, 1.165) is 308 Å². The van der Waals surface area contributed by atoms with Crippen molar-refractivity contribution in [3.63, 3.8) is 0 Å². The number of nitrogens with zero attached hydrogens (tertiary/aromatic N) is 16. The van der Waals surface area contributed by atoms with Gasteiger partial charge < -0.3 is 0 Å². The Labute approximate surface area is 856 Å². The molecule has 12 aliphatic carbocycles. The summed E-state index contributed by atoms with van der Waals surface area (Å²) in [6, 6.07) is 0. The van der Waals surface area contributed by atoms with Crippen LogP contribution in [0.5, 0.6) is 0 Å². The topological polar surface area (TPSA) is 484 Å². The summed E-state index contributed by atoms with van der Waals surface area (Å²) in [5.74, 6) is 0. The van der Waals surface area contributed by atoms with Crippen LogP contribution in [0.25, 0.3) is 0 Å². The number of rotatable bonds is 28. The molecule has 0 unspecified atom stereocenters. The molecule has 800 valence electrons. The summed E-state index contributed by atoms with van der Waals surface area (Å²) in [6.07, 6.45) is 68.8. The van der Waals surface area contributed by atoms with Crippen molar-refractivity contribution in [3.05, 3.63) is 0 Å². The monoisotopic (exact) mass is 2050 g/mol. The lowest BCUT2D eigenvalue weighted by Gasteiger charge is -2.59. The average Bonchev–Trinajstić information content (AvgIpc) is 0.991. The number of hydrogen-bond acceptors (Lipinski definition) is 28. The quantitative estimate of drug-likeness (QED) is 0.0257. The molecule has 12 rings (SSSR count). The maximum absolute atomic E-state index is 11.8. The standard InChI is InChI=1S/C108H204N28P5/c109-121-97(73-49-25-1-2-26-50-74-97)137(98(122-110)75-51-27-3-4-28-52-76-98,99(123-111)77-53-29-5-6-30-54-78-99)133-141(134-138(100(124-112)79-55-31-7-8-32-56-80-100,101(125-113)81-57-33-9-10-34-58-82-101)102(126-114)83-59-35-11-12-36-60-84-102,135-139(103(127-115)85-61-37-13-14-38-62-86-103,104(128-116)87-63-39-15-16-40-64-88-104)105(129-117)89-65-41-17-18-42-66-90-105)136-140(106(130-118)91-67-43-19-20-44-68-92-106,107(131-119)93-69-45-21-22-46-70-94-107)108(132-120)95-71-47-23-24-48-72-96-108/h109-120H,1-96H2/q+1. The zero-order chi connectivity index (χ0) is 99.7. The minimum absolute atomic E-state index is 0.376. The van der Waals surface area contributed by atoms with E-state index in [4.69, 9.17) is 79.4 Å². The van der Waals surface area contributed by atoms with Crippen molar-refractivity contribution in [3.8, 4) is 0 Å². The van der Waals surface area contributed by atoms with Crippen molar-refractivity contribution in [2.75, 3.05) is 0 Å². The van der Waals surface area contributed by atoms with Gasteiger partial charge >= 0.3 is 7.87 Å². The van der Waals surface area contributed by atoms with Crippen LogP contribution in [-0.2, 0) is 0 Å². The van der Waals surface area contributed by atoms with E-state index in [1.807, 2.05) is 0 Å². The molecule has 141 heavy (non-hydrogen) atoms. The Balaban J connectivity index is 1.76. The molecule has 0 aliphatic heterocycles. The Kier molecular flexibility index (Phi) is 46.7. The Hall–Kier alpha value is -3.45. The van der Waals surface area contributed by atoms with Crippen LogP contribution < -0.4 is 0 Å². The predicted molar refractivity (Wildman–Crippen MR) is 582 cm³/mol. The second kappa shape index (κ2) is 56.6. The summed E-state index contributed by atoms with van der Waals surface area (Å²) in [4.78, 5) is 0. The summed E-state index contributed by atoms with van der Waals surface area (Å²) in [5, 5.41) is 52.0. The van der Waals surface area contributed by atoms with Crippen LogP contribution in [0.15, 0.2) is 79.4 Å². The molecule has 12 saturated carbocycles. The zero-order valence-electron chi connectivity index (χ0n) is 89.3. The molecule has 0 aromatic heterocycles. The predicted octanol–water partition coefficient (Wildman–Crippen LogP) is 45.8. The van der Waals surface area contributed by atoms with Crippen LogP contribution in [-0.4, -0.2) is 63.4 Å². The van der Waals surface area contributed by atoms with Gasteiger partial charge in [-0.05, 0) is 154 Å². The molecule has 0 heterocycles. The maximum atomic E-state index is 11.8. The van der Waals surface area contributed by atoms with Crippen molar-refractivity contribution in [1.82, 2.24) is 0 Å². The van der Waals surface area contributed by atoms with Crippen molar-refractivity contribution in [2.45, 2.75) is 680 Å². The summed E-state index contributed by atoms with van der Waals surface area (Å²) in [7, 11) is -25.3. The van der Waals surface area contributed by atoms with Crippen LogP contribution in [0.4, 0.5) is 0 Å². The highest BCUT2D eigenvalue weighted by Crippen LogP contribution is 3.02. The lowest BCUT2D eigenvalue weighted by atomic mass is 10.0. The molecule has 12 N–H and O–H groups in total. The third kappa shape index (κ3) is 24.1. The fourth-order valence-electron chi connectivity index (χ4n) is 32.3. The molecule has 0 atom stereocenters. The van der Waals surface area contributed by atoms with E-state index in [-0.39, 0.29) is 0 Å². The smallest absolute Gasteiger partial charge is 0.209 e. The van der Waals surface area contributed by atoms with E-state index in [1.54, 1.807) is 0 Å². The van der Waals surface area contributed by atoms with E-state index >= 15 is 0 Å². The lowest BCUT2D eigenvalue weighted by Crippen LogP contribution is -2.50. The SMILES string of the molecule is N=NC1(P(=N[P+](N=P(C2(N=N)CCCCCCCC2)(C2(N=N)CCCCCCCC2)C2(N=N)CCCCCCCC2)(N=P(C2(N=N)CCCCCCCC2)(C2(N=N)CCCCCCCC2)C2(N=N)CCCCCCCC2)N=P(C2(N=N)CCCCCCCC2)(C2(N=N)CCCCCCCC2)C2(N=N)CCCCCCCC2)(C2(N=N)CCCCCCCC2)C2(N=N)CCCCCCCC2)CCCCCCCC1. The Morgan fingerprint density at radius 2 is 0.156 bits per heavy atom. The zero-order valence-corrected chi connectivity index (χ0v) is 93.7. The Morgan fingerprint density at radius 1 is 0.0993 bits per heavy atom. The maximum Gasteiger partial charge on any atom is 0.487 e. The second-order valence-electron chi connectivity index (χ2n) is 48.0. The first-order valence-electron chi connectivity index (χ1n) is 60.1.